The minimum absolute atomic E-state index is 0.0427. The lowest BCUT2D eigenvalue weighted by Crippen LogP contribution is -2.54. The molecule has 2 aliphatic heterocycles. The molecule has 3 aliphatic rings. The van der Waals surface area contributed by atoms with Crippen LogP contribution in [0.25, 0.3) is 0 Å². The average molecular weight is 344 g/mol. The maximum atomic E-state index is 12.8. The number of nitrogens with one attached hydrogen (secondary N) is 1. The number of nitrogens with zero attached hydrogens (tertiary/aromatic N) is 1. The summed E-state index contributed by atoms with van der Waals surface area (Å²) in [5.74, 6) is 0.365. The molecule has 136 valence electrons. The third-order valence-corrected chi connectivity index (χ3v) is 5.23. The van der Waals surface area contributed by atoms with Gasteiger partial charge in [-0.15, -0.1) is 0 Å². The summed E-state index contributed by atoms with van der Waals surface area (Å²) in [5.41, 5.74) is 1.23. The smallest absolute Gasteiger partial charge is 0.411 e. The highest BCUT2D eigenvalue weighted by atomic mass is 16.6. The molecule has 5 nitrogen and oxygen atoms in total. The first kappa shape index (κ1) is 17.8. The highest BCUT2D eigenvalue weighted by molar-refractivity contribution is 5.93. The Labute approximate surface area is 149 Å². The van der Waals surface area contributed by atoms with Crippen LogP contribution >= 0.6 is 0 Å². The highest BCUT2D eigenvalue weighted by Gasteiger charge is 2.46. The van der Waals surface area contributed by atoms with Crippen LogP contribution in [0.5, 0.6) is 0 Å². The van der Waals surface area contributed by atoms with Gasteiger partial charge in [-0.25, -0.2) is 4.79 Å². The molecular formula is C20H28N2O3. The van der Waals surface area contributed by atoms with E-state index in [4.69, 9.17) is 4.74 Å². The molecule has 2 bridgehead atoms. The monoisotopic (exact) mass is 344 g/mol. The molecule has 0 spiro atoms. The van der Waals surface area contributed by atoms with Crippen molar-refractivity contribution in [1.82, 2.24) is 10.2 Å². The Morgan fingerprint density at radius 1 is 1.08 bits per heavy atom. The van der Waals surface area contributed by atoms with E-state index >= 15 is 0 Å². The van der Waals surface area contributed by atoms with Gasteiger partial charge in [0.2, 0.25) is 0 Å². The third kappa shape index (κ3) is 3.65. The van der Waals surface area contributed by atoms with E-state index in [2.05, 4.69) is 5.32 Å². The molecule has 1 saturated carbocycles. The van der Waals surface area contributed by atoms with Crippen LogP contribution in [0.15, 0.2) is 24.3 Å². The fourth-order valence-electron chi connectivity index (χ4n) is 4.14. The summed E-state index contributed by atoms with van der Waals surface area (Å²) >= 11 is 0. The summed E-state index contributed by atoms with van der Waals surface area (Å²) in [6, 6.07) is 7.93. The molecule has 5 heteroatoms. The standard InChI is InChI=1S/C20H28N2O3/c1-20(2,3)25-19(24)22-16-11-9-14(10-12-16)17(22)13-5-7-15(8-6-13)18(23)21-4/h5-8,14,16-17H,9-12H2,1-4H3,(H,21,23). The molecule has 1 aromatic rings. The van der Waals surface area contributed by atoms with Crippen LogP contribution in [0.3, 0.4) is 0 Å². The van der Waals surface area contributed by atoms with Gasteiger partial charge in [0, 0.05) is 18.7 Å². The maximum absolute atomic E-state index is 12.8. The summed E-state index contributed by atoms with van der Waals surface area (Å²) in [5, 5.41) is 2.64. The first-order valence-corrected chi connectivity index (χ1v) is 9.13. The SMILES string of the molecule is CNC(=O)c1ccc(C2C3CCC(CC3)N2C(=O)OC(C)(C)C)cc1. The van der Waals surface area contributed by atoms with E-state index in [9.17, 15) is 9.59 Å². The van der Waals surface area contributed by atoms with Gasteiger partial charge in [-0.3, -0.25) is 9.69 Å². The van der Waals surface area contributed by atoms with E-state index in [1.54, 1.807) is 7.05 Å². The van der Waals surface area contributed by atoms with Crippen molar-refractivity contribution < 1.29 is 14.3 Å². The minimum Gasteiger partial charge on any atom is -0.444 e. The topological polar surface area (TPSA) is 58.6 Å². The molecule has 1 unspecified atom stereocenters. The minimum atomic E-state index is -0.499. The molecule has 3 fully saturated rings. The van der Waals surface area contributed by atoms with E-state index in [0.29, 0.717) is 11.5 Å². The predicted molar refractivity (Wildman–Crippen MR) is 96.4 cm³/mol. The van der Waals surface area contributed by atoms with Crippen LogP contribution in [0.4, 0.5) is 4.79 Å². The highest BCUT2D eigenvalue weighted by Crippen LogP contribution is 2.47. The van der Waals surface area contributed by atoms with Gasteiger partial charge in [-0.2, -0.15) is 0 Å². The van der Waals surface area contributed by atoms with Crippen LogP contribution < -0.4 is 5.32 Å². The van der Waals surface area contributed by atoms with E-state index in [0.717, 1.165) is 31.2 Å². The lowest BCUT2D eigenvalue weighted by atomic mass is 9.72. The van der Waals surface area contributed by atoms with Crippen molar-refractivity contribution in [2.45, 2.75) is 64.1 Å². The number of piperidine rings is 2. The molecule has 1 aliphatic carbocycles. The largest absolute Gasteiger partial charge is 0.444 e. The van der Waals surface area contributed by atoms with Gasteiger partial charge in [0.1, 0.15) is 5.60 Å². The Balaban J connectivity index is 1.88. The van der Waals surface area contributed by atoms with Crippen LogP contribution in [0.1, 0.15) is 68.4 Å². The molecule has 0 radical (unpaired) electrons. The number of rotatable bonds is 2. The van der Waals surface area contributed by atoms with E-state index in [1.807, 2.05) is 49.9 Å². The second kappa shape index (κ2) is 6.70. The predicted octanol–water partition coefficient (Wildman–Crippen LogP) is 3.90. The van der Waals surface area contributed by atoms with Crippen molar-refractivity contribution >= 4 is 12.0 Å². The Bertz CT molecular complexity index is 640. The molecule has 1 N–H and O–H groups in total. The van der Waals surface area contributed by atoms with Crippen molar-refractivity contribution in [2.75, 3.05) is 7.05 Å². The number of carbonyl (C=O) groups is 2. The Hall–Kier alpha value is -2.04. The number of benzene rings is 1. The third-order valence-electron chi connectivity index (χ3n) is 5.23. The summed E-state index contributed by atoms with van der Waals surface area (Å²) < 4.78 is 5.68. The number of hydrogen-bond acceptors (Lipinski definition) is 3. The second-order valence-corrected chi connectivity index (χ2v) is 8.10. The summed E-state index contributed by atoms with van der Waals surface area (Å²) in [4.78, 5) is 26.6. The molecule has 2 saturated heterocycles. The maximum Gasteiger partial charge on any atom is 0.411 e. The quantitative estimate of drug-likeness (QED) is 0.885. The van der Waals surface area contributed by atoms with Gasteiger partial charge in [-0.05, 0) is 70.1 Å². The lowest BCUT2D eigenvalue weighted by Gasteiger charge is -2.51. The molecular weight excluding hydrogens is 316 g/mol. The van der Waals surface area contributed by atoms with E-state index < -0.39 is 5.60 Å². The molecule has 25 heavy (non-hydrogen) atoms. The van der Waals surface area contributed by atoms with Gasteiger partial charge in [0.25, 0.3) is 5.91 Å². The van der Waals surface area contributed by atoms with Gasteiger partial charge in [-0.1, -0.05) is 12.1 Å². The van der Waals surface area contributed by atoms with Gasteiger partial charge in [0.15, 0.2) is 0 Å². The number of ether oxygens (including phenoxy) is 1. The molecule has 4 rings (SSSR count). The molecule has 1 aromatic carbocycles. The number of carbonyl (C=O) groups excluding carboxylic acids is 2. The second-order valence-electron chi connectivity index (χ2n) is 8.10. The van der Waals surface area contributed by atoms with Crippen LogP contribution in [-0.4, -0.2) is 35.6 Å². The average Bonchev–Trinajstić information content (AvgIpc) is 2.60. The van der Waals surface area contributed by atoms with Crippen molar-refractivity contribution in [3.63, 3.8) is 0 Å². The Kier molecular flexibility index (Phi) is 4.76. The van der Waals surface area contributed by atoms with Crippen molar-refractivity contribution in [3.05, 3.63) is 35.4 Å². The zero-order valence-corrected chi connectivity index (χ0v) is 15.5. The molecule has 2 amide bonds. The first-order chi connectivity index (χ1) is 11.8. The summed E-state index contributed by atoms with van der Waals surface area (Å²) in [6.07, 6.45) is 4.17. The number of fused-ring (bicyclic) bond motifs is 3. The lowest BCUT2D eigenvalue weighted by molar-refractivity contribution is -0.0419. The fourth-order valence-corrected chi connectivity index (χ4v) is 4.14. The van der Waals surface area contributed by atoms with E-state index in [1.165, 1.54) is 0 Å². The summed E-state index contributed by atoms with van der Waals surface area (Å²) in [6.45, 7) is 5.71. The van der Waals surface area contributed by atoms with Crippen molar-refractivity contribution in [2.24, 2.45) is 5.92 Å². The van der Waals surface area contributed by atoms with Gasteiger partial charge in [0.05, 0.1) is 6.04 Å². The molecule has 1 atom stereocenters. The fraction of sp³-hybridized carbons (Fsp3) is 0.600. The Morgan fingerprint density at radius 3 is 2.20 bits per heavy atom. The van der Waals surface area contributed by atoms with Crippen LogP contribution in [0.2, 0.25) is 0 Å². The van der Waals surface area contributed by atoms with Gasteiger partial charge >= 0.3 is 6.09 Å². The molecule has 2 heterocycles. The van der Waals surface area contributed by atoms with Crippen LogP contribution in [0, 0.1) is 5.92 Å². The summed E-state index contributed by atoms with van der Waals surface area (Å²) in [7, 11) is 1.63. The molecule has 0 aromatic heterocycles. The van der Waals surface area contributed by atoms with Crippen LogP contribution in [-0.2, 0) is 4.74 Å². The zero-order valence-electron chi connectivity index (χ0n) is 15.5. The normalized spacial score (nSPS) is 25.6. The number of amides is 2. The van der Waals surface area contributed by atoms with Crippen molar-refractivity contribution in [1.29, 1.82) is 0 Å². The van der Waals surface area contributed by atoms with Gasteiger partial charge < -0.3 is 10.1 Å². The number of hydrogen-bond donors (Lipinski definition) is 1. The van der Waals surface area contributed by atoms with Crippen molar-refractivity contribution in [3.8, 4) is 0 Å². The first-order valence-electron chi connectivity index (χ1n) is 9.13. The Morgan fingerprint density at radius 2 is 1.68 bits per heavy atom. The zero-order chi connectivity index (χ0) is 18.2. The van der Waals surface area contributed by atoms with E-state index in [-0.39, 0.29) is 24.1 Å².